The number of nitrogens with one attached hydrogen (secondary N) is 1. The fourth-order valence-corrected chi connectivity index (χ4v) is 3.38. The van der Waals surface area contributed by atoms with Crippen LogP contribution in [0.15, 0.2) is 53.9 Å². The highest BCUT2D eigenvalue weighted by atomic mass is 32.1. The van der Waals surface area contributed by atoms with Gasteiger partial charge in [0.1, 0.15) is 16.5 Å². The largest absolute Gasteiger partial charge is 0.493 e. The number of hydrogen-bond acceptors (Lipinski definition) is 5. The number of aromatic nitrogens is 1. The lowest BCUT2D eigenvalue weighted by Crippen LogP contribution is -2.14. The average molecular weight is 404 g/mol. The molecule has 0 saturated carbocycles. The molecule has 1 heterocycles. The number of anilines is 1. The lowest BCUT2D eigenvalue weighted by Gasteiger charge is -2.07. The van der Waals surface area contributed by atoms with Crippen LogP contribution < -0.4 is 14.8 Å². The first-order chi connectivity index (χ1) is 13.5. The number of thiazole rings is 1. The fraction of sp³-hybridized carbons (Fsp3) is 0.200. The van der Waals surface area contributed by atoms with E-state index in [0.717, 1.165) is 16.3 Å². The van der Waals surface area contributed by atoms with Crippen molar-refractivity contribution in [2.24, 2.45) is 0 Å². The highest BCUT2D eigenvalue weighted by Crippen LogP contribution is 2.32. The number of benzene rings is 2. The molecule has 0 spiro atoms. The second kappa shape index (κ2) is 9.27. The molecule has 28 heavy (non-hydrogen) atoms. The van der Waals surface area contributed by atoms with Gasteiger partial charge in [-0.05, 0) is 43.3 Å². The highest BCUT2D eigenvalue weighted by Gasteiger charge is 2.13. The zero-order chi connectivity index (χ0) is 19.9. The number of para-hydroxylation sites is 1. The number of halogens is 2. The molecular formula is C20H18F2N2O3S. The number of hydrogen-bond donors (Lipinski definition) is 1. The summed E-state index contributed by atoms with van der Waals surface area (Å²) in [6.07, 6.45) is 0.0998. The van der Waals surface area contributed by atoms with Crippen LogP contribution >= 0.6 is 11.3 Å². The van der Waals surface area contributed by atoms with Crippen molar-refractivity contribution in [3.05, 3.63) is 59.6 Å². The minimum absolute atomic E-state index is 0.0325. The van der Waals surface area contributed by atoms with Gasteiger partial charge in [-0.3, -0.25) is 4.79 Å². The number of rotatable bonds is 8. The maximum Gasteiger partial charge on any atom is 0.387 e. The first kappa shape index (κ1) is 19.8. The summed E-state index contributed by atoms with van der Waals surface area (Å²) in [6, 6.07) is 13.4. The summed E-state index contributed by atoms with van der Waals surface area (Å²) in [5, 5.41) is 5.32. The van der Waals surface area contributed by atoms with E-state index in [-0.39, 0.29) is 18.1 Å². The topological polar surface area (TPSA) is 60.5 Å². The second-order valence-electron chi connectivity index (χ2n) is 5.70. The molecule has 0 radical (unpaired) electrons. The molecule has 0 aliphatic heterocycles. The molecule has 1 amide bonds. The molecule has 0 aliphatic rings. The van der Waals surface area contributed by atoms with Crippen molar-refractivity contribution < 1.29 is 23.0 Å². The van der Waals surface area contributed by atoms with Gasteiger partial charge in [0, 0.05) is 11.1 Å². The number of nitrogens with zero attached hydrogens (tertiary/aromatic N) is 1. The van der Waals surface area contributed by atoms with E-state index in [0.29, 0.717) is 18.0 Å². The molecule has 3 rings (SSSR count). The Labute approximate surface area is 164 Å². The lowest BCUT2D eigenvalue weighted by molar-refractivity contribution is -0.115. The van der Waals surface area contributed by atoms with Crippen molar-refractivity contribution >= 4 is 22.9 Å². The third-order valence-electron chi connectivity index (χ3n) is 3.67. The number of carbonyl (C=O) groups excluding carboxylic acids is 1. The van der Waals surface area contributed by atoms with Crippen LogP contribution in [0.4, 0.5) is 14.5 Å². The van der Waals surface area contributed by atoms with Crippen LogP contribution in [0, 0.1) is 0 Å². The van der Waals surface area contributed by atoms with E-state index in [2.05, 4.69) is 15.0 Å². The van der Waals surface area contributed by atoms with Gasteiger partial charge in [-0.25, -0.2) is 4.98 Å². The zero-order valence-corrected chi connectivity index (χ0v) is 15.8. The standard InChI is InChI=1S/C20H18F2N2O3S/c1-2-26-17-6-4-3-5-16(17)19-24-14(12-28-19)11-18(25)23-13-7-9-15(10-8-13)27-20(21)22/h3-10,12,20H,2,11H2,1H3,(H,23,25). The first-order valence-corrected chi connectivity index (χ1v) is 9.44. The van der Waals surface area contributed by atoms with E-state index in [4.69, 9.17) is 4.74 Å². The van der Waals surface area contributed by atoms with Gasteiger partial charge < -0.3 is 14.8 Å². The number of carbonyl (C=O) groups is 1. The third kappa shape index (κ3) is 5.26. The van der Waals surface area contributed by atoms with Crippen LogP contribution in [0.1, 0.15) is 12.6 Å². The van der Waals surface area contributed by atoms with Crippen molar-refractivity contribution in [1.29, 1.82) is 0 Å². The number of alkyl halides is 2. The molecule has 0 aliphatic carbocycles. The third-order valence-corrected chi connectivity index (χ3v) is 4.60. The number of ether oxygens (including phenoxy) is 2. The SMILES string of the molecule is CCOc1ccccc1-c1nc(CC(=O)Nc2ccc(OC(F)F)cc2)cs1. The Kier molecular flexibility index (Phi) is 6.54. The fourth-order valence-electron chi connectivity index (χ4n) is 2.53. The van der Waals surface area contributed by atoms with Gasteiger partial charge in [0.25, 0.3) is 0 Å². The number of amides is 1. The zero-order valence-electron chi connectivity index (χ0n) is 15.0. The minimum atomic E-state index is -2.88. The highest BCUT2D eigenvalue weighted by molar-refractivity contribution is 7.13. The van der Waals surface area contributed by atoms with E-state index in [1.807, 2.05) is 36.6 Å². The van der Waals surface area contributed by atoms with Gasteiger partial charge >= 0.3 is 6.61 Å². The van der Waals surface area contributed by atoms with E-state index in [9.17, 15) is 13.6 Å². The molecule has 0 fully saturated rings. The Balaban J connectivity index is 1.63. The van der Waals surface area contributed by atoms with E-state index >= 15 is 0 Å². The molecule has 0 saturated heterocycles. The van der Waals surface area contributed by atoms with Gasteiger partial charge in [-0.2, -0.15) is 8.78 Å². The van der Waals surface area contributed by atoms with Crippen molar-refractivity contribution in [3.8, 4) is 22.1 Å². The van der Waals surface area contributed by atoms with E-state index in [1.165, 1.54) is 35.6 Å². The van der Waals surface area contributed by atoms with Gasteiger partial charge in [0.15, 0.2) is 0 Å². The van der Waals surface area contributed by atoms with Crippen LogP contribution in [0.5, 0.6) is 11.5 Å². The molecule has 3 aromatic rings. The Morgan fingerprint density at radius 2 is 1.93 bits per heavy atom. The van der Waals surface area contributed by atoms with Crippen LogP contribution in [-0.4, -0.2) is 24.1 Å². The smallest absolute Gasteiger partial charge is 0.387 e. The van der Waals surface area contributed by atoms with Crippen molar-refractivity contribution in [3.63, 3.8) is 0 Å². The van der Waals surface area contributed by atoms with Gasteiger partial charge in [0.2, 0.25) is 5.91 Å². The summed E-state index contributed by atoms with van der Waals surface area (Å²) in [5.74, 6) is 0.532. The summed E-state index contributed by atoms with van der Waals surface area (Å²) in [5.41, 5.74) is 2.01. The molecule has 8 heteroatoms. The predicted octanol–water partition coefficient (Wildman–Crippen LogP) is 4.99. The monoisotopic (exact) mass is 404 g/mol. The molecule has 0 atom stereocenters. The van der Waals surface area contributed by atoms with Gasteiger partial charge in [-0.15, -0.1) is 11.3 Å². The van der Waals surface area contributed by atoms with E-state index < -0.39 is 6.61 Å². The van der Waals surface area contributed by atoms with Gasteiger partial charge in [-0.1, -0.05) is 12.1 Å². The maximum absolute atomic E-state index is 12.2. The summed E-state index contributed by atoms with van der Waals surface area (Å²) in [4.78, 5) is 16.8. The second-order valence-corrected chi connectivity index (χ2v) is 6.56. The molecular weight excluding hydrogens is 386 g/mol. The summed E-state index contributed by atoms with van der Waals surface area (Å²) < 4.78 is 34.2. The average Bonchev–Trinajstić information content (AvgIpc) is 3.12. The Bertz CT molecular complexity index is 929. The van der Waals surface area contributed by atoms with Crippen LogP contribution in [0.25, 0.3) is 10.6 Å². The molecule has 1 aromatic heterocycles. The van der Waals surface area contributed by atoms with Crippen molar-refractivity contribution in [1.82, 2.24) is 4.98 Å². The minimum Gasteiger partial charge on any atom is -0.493 e. The van der Waals surface area contributed by atoms with Crippen molar-refractivity contribution in [2.75, 3.05) is 11.9 Å². The maximum atomic E-state index is 12.2. The summed E-state index contributed by atoms with van der Waals surface area (Å²) in [7, 11) is 0. The molecule has 5 nitrogen and oxygen atoms in total. The Hall–Kier alpha value is -3.00. The van der Waals surface area contributed by atoms with Crippen LogP contribution in [0.2, 0.25) is 0 Å². The quantitative estimate of drug-likeness (QED) is 0.575. The summed E-state index contributed by atoms with van der Waals surface area (Å²) >= 11 is 1.44. The van der Waals surface area contributed by atoms with Crippen LogP contribution in [0.3, 0.4) is 0 Å². The summed E-state index contributed by atoms with van der Waals surface area (Å²) in [6.45, 7) is -0.411. The van der Waals surface area contributed by atoms with Gasteiger partial charge in [0.05, 0.1) is 24.3 Å². The lowest BCUT2D eigenvalue weighted by atomic mass is 10.2. The van der Waals surface area contributed by atoms with E-state index in [1.54, 1.807) is 0 Å². The molecule has 0 unspecified atom stereocenters. The molecule has 0 bridgehead atoms. The predicted molar refractivity (Wildman–Crippen MR) is 104 cm³/mol. The van der Waals surface area contributed by atoms with Crippen molar-refractivity contribution in [2.45, 2.75) is 20.0 Å². The molecule has 1 N–H and O–H groups in total. The molecule has 146 valence electrons. The Morgan fingerprint density at radius 1 is 1.18 bits per heavy atom. The van der Waals surface area contributed by atoms with Crippen LogP contribution in [-0.2, 0) is 11.2 Å². The first-order valence-electron chi connectivity index (χ1n) is 8.56. The Morgan fingerprint density at radius 3 is 2.64 bits per heavy atom. The molecule has 2 aromatic carbocycles. The normalized spacial score (nSPS) is 10.7.